The molecule has 0 atom stereocenters. The Morgan fingerprint density at radius 1 is 1.12 bits per heavy atom. The zero-order valence-corrected chi connectivity index (χ0v) is 14.1. The lowest BCUT2D eigenvalue weighted by molar-refractivity contribution is -0.917. The van der Waals surface area contributed by atoms with Crippen molar-refractivity contribution in [3.63, 3.8) is 0 Å². The molecule has 2 aliphatic rings. The Labute approximate surface area is 146 Å². The van der Waals surface area contributed by atoms with Gasteiger partial charge >= 0.3 is 0 Å². The minimum absolute atomic E-state index is 0.00581. The number of carbonyl (C=O) groups excluding carboxylic acids is 1. The van der Waals surface area contributed by atoms with E-state index in [0.717, 1.165) is 51.5 Å². The van der Waals surface area contributed by atoms with Gasteiger partial charge in [0, 0.05) is 17.5 Å². The highest BCUT2D eigenvalue weighted by molar-refractivity contribution is 5.94. The highest BCUT2D eigenvalue weighted by Crippen LogP contribution is 2.25. The summed E-state index contributed by atoms with van der Waals surface area (Å²) >= 11 is 0. The Balaban J connectivity index is 1.33. The molecule has 0 aliphatic carbocycles. The second-order valence-electron chi connectivity index (χ2n) is 6.77. The molecule has 25 heavy (non-hydrogen) atoms. The van der Waals surface area contributed by atoms with Crippen LogP contribution in [0.25, 0.3) is 0 Å². The molecule has 0 unspecified atom stereocenters. The summed E-state index contributed by atoms with van der Waals surface area (Å²) in [5.41, 5.74) is 3.20. The maximum absolute atomic E-state index is 13.0. The molecule has 0 aromatic heterocycles. The van der Waals surface area contributed by atoms with E-state index in [9.17, 15) is 9.18 Å². The molecule has 0 saturated carbocycles. The second kappa shape index (κ2) is 6.84. The number of nitrogens with one attached hydrogen (secondary N) is 1. The monoisotopic (exact) mass is 341 g/mol. The van der Waals surface area contributed by atoms with Gasteiger partial charge in [-0.25, -0.2) is 4.39 Å². The van der Waals surface area contributed by atoms with Gasteiger partial charge in [0.25, 0.3) is 5.91 Å². The number of piperazine rings is 1. The van der Waals surface area contributed by atoms with Gasteiger partial charge in [-0.15, -0.1) is 0 Å². The van der Waals surface area contributed by atoms with Crippen LogP contribution in [0.15, 0.2) is 42.5 Å². The SMILES string of the molecule is O=C(c1ccc(F)cc1)N1CC[NH+](Cc2ccc3c(c2)CCO3)CC1. The van der Waals surface area contributed by atoms with E-state index in [-0.39, 0.29) is 11.7 Å². The zero-order chi connectivity index (χ0) is 17.2. The number of benzene rings is 2. The van der Waals surface area contributed by atoms with Crippen molar-refractivity contribution in [2.75, 3.05) is 32.8 Å². The average Bonchev–Trinajstić information content (AvgIpc) is 3.10. The Hall–Kier alpha value is -2.40. The van der Waals surface area contributed by atoms with Gasteiger partial charge in [-0.1, -0.05) is 0 Å². The topological polar surface area (TPSA) is 34.0 Å². The molecular formula is C20H22FN2O2+. The third kappa shape index (κ3) is 3.51. The number of ether oxygens (including phenoxy) is 1. The van der Waals surface area contributed by atoms with Crippen LogP contribution >= 0.6 is 0 Å². The Morgan fingerprint density at radius 2 is 1.88 bits per heavy atom. The minimum Gasteiger partial charge on any atom is -0.493 e. The smallest absolute Gasteiger partial charge is 0.254 e. The van der Waals surface area contributed by atoms with E-state index in [1.165, 1.54) is 28.2 Å². The number of amides is 1. The number of hydrogen-bond acceptors (Lipinski definition) is 2. The summed E-state index contributed by atoms with van der Waals surface area (Å²) in [5, 5.41) is 0. The number of fused-ring (bicyclic) bond motifs is 1. The fraction of sp³-hybridized carbons (Fsp3) is 0.350. The highest BCUT2D eigenvalue weighted by Gasteiger charge is 2.25. The van der Waals surface area contributed by atoms with Crippen LogP contribution in [0.4, 0.5) is 4.39 Å². The van der Waals surface area contributed by atoms with Gasteiger partial charge in [0.15, 0.2) is 0 Å². The fourth-order valence-corrected chi connectivity index (χ4v) is 3.62. The molecule has 4 nitrogen and oxygen atoms in total. The Morgan fingerprint density at radius 3 is 2.64 bits per heavy atom. The summed E-state index contributed by atoms with van der Waals surface area (Å²) in [6, 6.07) is 12.3. The van der Waals surface area contributed by atoms with E-state index in [0.29, 0.717) is 5.56 Å². The Bertz CT molecular complexity index is 768. The van der Waals surface area contributed by atoms with E-state index in [1.54, 1.807) is 12.1 Å². The Kier molecular flexibility index (Phi) is 4.40. The number of nitrogens with zero attached hydrogens (tertiary/aromatic N) is 1. The summed E-state index contributed by atoms with van der Waals surface area (Å²) in [4.78, 5) is 15.8. The average molecular weight is 341 g/mol. The number of carbonyl (C=O) groups is 1. The lowest BCUT2D eigenvalue weighted by Gasteiger charge is -2.32. The molecule has 1 fully saturated rings. The quantitative estimate of drug-likeness (QED) is 0.913. The first kappa shape index (κ1) is 16.1. The number of halogens is 1. The van der Waals surface area contributed by atoms with Crippen LogP contribution in [-0.2, 0) is 13.0 Å². The van der Waals surface area contributed by atoms with Crippen LogP contribution in [0, 0.1) is 5.82 Å². The molecule has 4 rings (SSSR count). The standard InChI is InChI=1S/C20H21FN2O2/c21-18-4-2-16(3-5-18)20(24)23-10-8-22(9-11-23)14-15-1-6-19-17(13-15)7-12-25-19/h1-6,13H,7-12,14H2/p+1. The molecule has 0 bridgehead atoms. The van der Waals surface area contributed by atoms with E-state index in [4.69, 9.17) is 4.74 Å². The van der Waals surface area contributed by atoms with Crippen molar-refractivity contribution < 1.29 is 18.8 Å². The summed E-state index contributed by atoms with van der Waals surface area (Å²) < 4.78 is 18.6. The van der Waals surface area contributed by atoms with E-state index in [2.05, 4.69) is 18.2 Å². The maximum atomic E-state index is 13.0. The molecule has 1 saturated heterocycles. The molecule has 1 N–H and O–H groups in total. The molecule has 130 valence electrons. The normalized spacial score (nSPS) is 17.2. The van der Waals surface area contributed by atoms with Gasteiger partial charge in [-0.05, 0) is 48.0 Å². The van der Waals surface area contributed by atoms with Gasteiger partial charge in [-0.3, -0.25) is 4.79 Å². The zero-order valence-electron chi connectivity index (χ0n) is 14.1. The fourth-order valence-electron chi connectivity index (χ4n) is 3.62. The van der Waals surface area contributed by atoms with Gasteiger partial charge in [0.05, 0.1) is 32.8 Å². The molecular weight excluding hydrogens is 319 g/mol. The van der Waals surface area contributed by atoms with Gasteiger partial charge < -0.3 is 14.5 Å². The van der Waals surface area contributed by atoms with Crippen LogP contribution in [0.3, 0.4) is 0 Å². The van der Waals surface area contributed by atoms with Gasteiger partial charge in [0.1, 0.15) is 18.1 Å². The van der Waals surface area contributed by atoms with E-state index >= 15 is 0 Å². The van der Waals surface area contributed by atoms with Crippen molar-refractivity contribution in [1.82, 2.24) is 4.90 Å². The third-order valence-electron chi connectivity index (χ3n) is 5.06. The summed E-state index contributed by atoms with van der Waals surface area (Å²) in [7, 11) is 0. The molecule has 2 heterocycles. The summed E-state index contributed by atoms with van der Waals surface area (Å²) in [6.45, 7) is 5.10. The molecule has 0 spiro atoms. The molecule has 1 amide bonds. The van der Waals surface area contributed by atoms with Crippen molar-refractivity contribution in [2.24, 2.45) is 0 Å². The van der Waals surface area contributed by atoms with Gasteiger partial charge in [-0.2, -0.15) is 0 Å². The number of hydrogen-bond donors (Lipinski definition) is 1. The van der Waals surface area contributed by atoms with Crippen molar-refractivity contribution >= 4 is 5.91 Å². The molecule has 0 radical (unpaired) electrons. The van der Waals surface area contributed by atoms with Crippen molar-refractivity contribution in [3.8, 4) is 5.75 Å². The highest BCUT2D eigenvalue weighted by atomic mass is 19.1. The van der Waals surface area contributed by atoms with Crippen molar-refractivity contribution in [1.29, 1.82) is 0 Å². The van der Waals surface area contributed by atoms with Gasteiger partial charge in [0.2, 0.25) is 0 Å². The van der Waals surface area contributed by atoms with Crippen LogP contribution < -0.4 is 9.64 Å². The lowest BCUT2D eigenvalue weighted by Crippen LogP contribution is -3.13. The predicted octanol–water partition coefficient (Wildman–Crippen LogP) is 1.30. The van der Waals surface area contributed by atoms with Crippen LogP contribution in [0.2, 0.25) is 0 Å². The molecule has 2 aromatic carbocycles. The van der Waals surface area contributed by atoms with E-state index < -0.39 is 0 Å². The van der Waals surface area contributed by atoms with E-state index in [1.807, 2.05) is 4.90 Å². The maximum Gasteiger partial charge on any atom is 0.254 e. The van der Waals surface area contributed by atoms with Crippen molar-refractivity contribution in [2.45, 2.75) is 13.0 Å². The molecule has 5 heteroatoms. The second-order valence-corrected chi connectivity index (χ2v) is 6.77. The third-order valence-corrected chi connectivity index (χ3v) is 5.06. The molecule has 2 aromatic rings. The lowest BCUT2D eigenvalue weighted by atomic mass is 10.1. The van der Waals surface area contributed by atoms with Crippen LogP contribution in [0.1, 0.15) is 21.5 Å². The number of quaternary nitrogens is 1. The van der Waals surface area contributed by atoms with Crippen molar-refractivity contribution in [3.05, 3.63) is 65.0 Å². The first-order valence-electron chi connectivity index (χ1n) is 8.82. The predicted molar refractivity (Wildman–Crippen MR) is 92.3 cm³/mol. The first-order chi connectivity index (χ1) is 12.2. The summed E-state index contributed by atoms with van der Waals surface area (Å²) in [6.07, 6.45) is 0.998. The van der Waals surface area contributed by atoms with Crippen LogP contribution in [-0.4, -0.2) is 43.6 Å². The largest absolute Gasteiger partial charge is 0.493 e. The number of rotatable bonds is 3. The summed E-state index contributed by atoms with van der Waals surface area (Å²) in [5.74, 6) is 0.702. The molecule has 2 aliphatic heterocycles. The van der Waals surface area contributed by atoms with Crippen LogP contribution in [0.5, 0.6) is 5.75 Å². The minimum atomic E-state index is -0.314. The first-order valence-corrected chi connectivity index (χ1v) is 8.82.